The van der Waals surface area contributed by atoms with Crippen molar-refractivity contribution in [2.24, 2.45) is 0 Å². The lowest BCUT2D eigenvalue weighted by Gasteiger charge is -2.29. The van der Waals surface area contributed by atoms with Crippen LogP contribution in [0.2, 0.25) is 0 Å². The number of hydrogen-bond donors (Lipinski definition) is 0. The number of alkyl halides is 1. The normalized spacial score (nSPS) is 21.8. The van der Waals surface area contributed by atoms with E-state index in [1.54, 1.807) is 6.07 Å². The monoisotopic (exact) mass is 269 g/mol. The molecule has 1 fully saturated rings. The minimum atomic E-state index is -0.146. The molecule has 0 radical (unpaired) electrons. The van der Waals surface area contributed by atoms with E-state index in [0.29, 0.717) is 11.9 Å². The topological polar surface area (TPSA) is 3.24 Å². The van der Waals surface area contributed by atoms with Crippen LogP contribution >= 0.6 is 11.6 Å². The van der Waals surface area contributed by atoms with Crippen molar-refractivity contribution >= 4 is 11.6 Å². The fraction of sp³-hybridized carbons (Fsp3) is 0.600. The molecule has 0 amide bonds. The van der Waals surface area contributed by atoms with E-state index in [4.69, 9.17) is 11.6 Å². The van der Waals surface area contributed by atoms with Crippen LogP contribution in [0.4, 0.5) is 4.39 Å². The summed E-state index contributed by atoms with van der Waals surface area (Å²) in [7, 11) is 0. The van der Waals surface area contributed by atoms with Gasteiger partial charge >= 0.3 is 0 Å². The van der Waals surface area contributed by atoms with E-state index in [2.05, 4.69) is 4.90 Å². The molecule has 1 heterocycles. The second kappa shape index (κ2) is 6.53. The lowest BCUT2D eigenvalue weighted by molar-refractivity contribution is 0.207. The third-order valence-electron chi connectivity index (χ3n) is 3.86. The Morgan fingerprint density at radius 1 is 1.33 bits per heavy atom. The molecule has 0 bridgehead atoms. The van der Waals surface area contributed by atoms with Crippen molar-refractivity contribution in [3.63, 3.8) is 0 Å². The molecule has 0 aromatic heterocycles. The van der Waals surface area contributed by atoms with Gasteiger partial charge in [-0.1, -0.05) is 18.9 Å². The van der Waals surface area contributed by atoms with Crippen LogP contribution in [0.15, 0.2) is 18.2 Å². The van der Waals surface area contributed by atoms with E-state index in [1.165, 1.54) is 25.3 Å². The predicted octanol–water partition coefficient (Wildman–Crippen LogP) is 4.12. The third-order valence-corrected chi connectivity index (χ3v) is 4.22. The van der Waals surface area contributed by atoms with Gasteiger partial charge in [0, 0.05) is 18.5 Å². The summed E-state index contributed by atoms with van der Waals surface area (Å²) in [5, 5.41) is 0. The summed E-state index contributed by atoms with van der Waals surface area (Å²) >= 11 is 6.07. The van der Waals surface area contributed by atoms with Crippen LogP contribution in [0, 0.1) is 12.7 Å². The number of aryl methyl sites for hydroxylation is 1. The average Bonchev–Trinajstić information content (AvgIpc) is 2.59. The minimum Gasteiger partial charge on any atom is -0.295 e. The third kappa shape index (κ3) is 3.46. The molecule has 3 heteroatoms. The van der Waals surface area contributed by atoms with Gasteiger partial charge in [-0.3, -0.25) is 4.90 Å². The van der Waals surface area contributed by atoms with Gasteiger partial charge in [0.15, 0.2) is 0 Å². The van der Waals surface area contributed by atoms with E-state index in [-0.39, 0.29) is 5.82 Å². The first-order chi connectivity index (χ1) is 8.70. The number of likely N-dealkylation sites (tertiary alicyclic amines) is 1. The smallest absolute Gasteiger partial charge is 0.123 e. The quantitative estimate of drug-likeness (QED) is 0.746. The molecule has 1 nitrogen and oxygen atoms in total. The molecule has 1 aromatic rings. The Balaban J connectivity index is 2.12. The highest BCUT2D eigenvalue weighted by molar-refractivity contribution is 6.18. The molecule has 0 saturated carbocycles. The van der Waals surface area contributed by atoms with E-state index >= 15 is 0 Å². The van der Waals surface area contributed by atoms with Gasteiger partial charge in [-0.15, -0.1) is 11.6 Å². The van der Waals surface area contributed by atoms with Crippen molar-refractivity contribution in [3.05, 3.63) is 35.1 Å². The Kier molecular flexibility index (Phi) is 5.02. The lowest BCUT2D eigenvalue weighted by atomic mass is 10.1. The average molecular weight is 270 g/mol. The van der Waals surface area contributed by atoms with Crippen molar-refractivity contribution in [3.8, 4) is 0 Å². The minimum absolute atomic E-state index is 0.146. The van der Waals surface area contributed by atoms with Gasteiger partial charge in [0.2, 0.25) is 0 Å². The molecule has 0 N–H and O–H groups in total. The summed E-state index contributed by atoms with van der Waals surface area (Å²) in [4.78, 5) is 2.42. The van der Waals surface area contributed by atoms with Crippen molar-refractivity contribution in [2.45, 2.75) is 45.2 Å². The van der Waals surface area contributed by atoms with Crippen LogP contribution in [-0.2, 0) is 6.54 Å². The first kappa shape index (κ1) is 13.8. The second-order valence-electron chi connectivity index (χ2n) is 5.20. The maximum absolute atomic E-state index is 13.3. The molecule has 18 heavy (non-hydrogen) atoms. The molecule has 1 unspecified atom stereocenters. The molecule has 1 atom stereocenters. The molecule has 2 rings (SSSR count). The molecular weight excluding hydrogens is 249 g/mol. The number of halogens is 2. The van der Waals surface area contributed by atoms with Crippen molar-refractivity contribution in [1.82, 2.24) is 4.90 Å². The molecule has 0 spiro atoms. The van der Waals surface area contributed by atoms with E-state index < -0.39 is 0 Å². The largest absolute Gasteiger partial charge is 0.295 e. The van der Waals surface area contributed by atoms with E-state index in [9.17, 15) is 4.39 Å². The highest BCUT2D eigenvalue weighted by Crippen LogP contribution is 2.21. The summed E-state index contributed by atoms with van der Waals surface area (Å²) in [6.45, 7) is 3.94. The maximum atomic E-state index is 13.3. The summed E-state index contributed by atoms with van der Waals surface area (Å²) in [6, 6.07) is 5.49. The van der Waals surface area contributed by atoms with Crippen molar-refractivity contribution in [1.29, 1.82) is 0 Å². The van der Waals surface area contributed by atoms with Crippen LogP contribution in [0.5, 0.6) is 0 Å². The molecule has 100 valence electrons. The molecule has 0 aliphatic carbocycles. The highest BCUT2D eigenvalue weighted by Gasteiger charge is 2.20. The summed E-state index contributed by atoms with van der Waals surface area (Å²) in [6.07, 6.45) is 4.93. The first-order valence-electron chi connectivity index (χ1n) is 6.75. The Labute approximate surface area is 114 Å². The van der Waals surface area contributed by atoms with E-state index in [0.717, 1.165) is 30.6 Å². The Hall–Kier alpha value is -0.600. The lowest BCUT2D eigenvalue weighted by Crippen LogP contribution is -2.35. The Bertz CT molecular complexity index is 394. The molecular formula is C15H21ClFN. The van der Waals surface area contributed by atoms with Crippen molar-refractivity contribution < 1.29 is 4.39 Å². The van der Waals surface area contributed by atoms with Gasteiger partial charge in [0.1, 0.15) is 5.82 Å². The number of nitrogens with zero attached hydrogens (tertiary/aromatic N) is 1. The van der Waals surface area contributed by atoms with Gasteiger partial charge in [-0.25, -0.2) is 4.39 Å². The molecule has 1 aliphatic rings. The van der Waals surface area contributed by atoms with Crippen LogP contribution < -0.4 is 0 Å². The highest BCUT2D eigenvalue weighted by atomic mass is 35.5. The fourth-order valence-corrected chi connectivity index (χ4v) is 3.00. The Morgan fingerprint density at radius 3 is 2.94 bits per heavy atom. The number of hydrogen-bond acceptors (Lipinski definition) is 1. The molecule has 1 aliphatic heterocycles. The second-order valence-corrected chi connectivity index (χ2v) is 5.51. The van der Waals surface area contributed by atoms with Crippen LogP contribution in [0.3, 0.4) is 0 Å². The zero-order valence-corrected chi connectivity index (χ0v) is 11.7. The maximum Gasteiger partial charge on any atom is 0.123 e. The van der Waals surface area contributed by atoms with Gasteiger partial charge in [-0.05, 0) is 49.6 Å². The fourth-order valence-electron chi connectivity index (χ4n) is 2.65. The van der Waals surface area contributed by atoms with Gasteiger partial charge in [0.05, 0.1) is 0 Å². The van der Waals surface area contributed by atoms with Crippen LogP contribution in [0.1, 0.15) is 36.8 Å². The SMILES string of the molecule is Cc1ccc(F)cc1CN1CCCCCC1CCl. The zero-order valence-electron chi connectivity index (χ0n) is 11.0. The van der Waals surface area contributed by atoms with E-state index in [1.807, 2.05) is 13.0 Å². The summed E-state index contributed by atoms with van der Waals surface area (Å²) < 4.78 is 13.3. The zero-order chi connectivity index (χ0) is 13.0. The van der Waals surface area contributed by atoms with Crippen LogP contribution in [-0.4, -0.2) is 23.4 Å². The predicted molar refractivity (Wildman–Crippen MR) is 74.5 cm³/mol. The first-order valence-corrected chi connectivity index (χ1v) is 7.29. The molecule has 1 aromatic carbocycles. The van der Waals surface area contributed by atoms with Gasteiger partial charge in [0.25, 0.3) is 0 Å². The Morgan fingerprint density at radius 2 is 2.17 bits per heavy atom. The summed E-state index contributed by atoms with van der Waals surface area (Å²) in [5.74, 6) is 0.529. The number of rotatable bonds is 3. The van der Waals surface area contributed by atoms with Gasteiger partial charge in [-0.2, -0.15) is 0 Å². The standard InChI is InChI=1S/C15H21ClFN/c1-12-6-7-14(17)9-13(12)11-18-8-4-2-3-5-15(18)10-16/h6-7,9,15H,2-5,8,10-11H2,1H3. The number of benzene rings is 1. The van der Waals surface area contributed by atoms with Crippen molar-refractivity contribution in [2.75, 3.05) is 12.4 Å². The summed E-state index contributed by atoms with van der Waals surface area (Å²) in [5.41, 5.74) is 2.25. The molecule has 1 saturated heterocycles. The van der Waals surface area contributed by atoms with Gasteiger partial charge < -0.3 is 0 Å². The van der Waals surface area contributed by atoms with Crippen LogP contribution in [0.25, 0.3) is 0 Å².